The largest absolute Gasteiger partial charge is 0.179 e. The third kappa shape index (κ3) is 24.7. The number of unbranched alkanes of at least 4 members (excludes halogenated alkanes) is 2. The van der Waals surface area contributed by atoms with Crippen molar-refractivity contribution in [2.45, 2.75) is 48.4 Å². The van der Waals surface area contributed by atoms with Gasteiger partial charge in [-0.1, -0.05) is 0 Å². The normalized spacial score (nSPS) is 9.23. The minimum absolute atomic E-state index is 0.149. The first-order valence-electron chi connectivity index (χ1n) is 5.25. The molecular formula is C10H24S2Sn. The molecule has 3 heteroatoms. The van der Waals surface area contributed by atoms with Crippen molar-refractivity contribution in [3.8, 4) is 0 Å². The zero-order valence-electron chi connectivity index (χ0n) is 9.05. The Morgan fingerprint density at radius 1 is 0.846 bits per heavy atom. The van der Waals surface area contributed by atoms with Crippen molar-refractivity contribution in [1.82, 2.24) is 0 Å². The van der Waals surface area contributed by atoms with Gasteiger partial charge in [0, 0.05) is 0 Å². The summed E-state index contributed by atoms with van der Waals surface area (Å²) in [7, 11) is 0. The summed E-state index contributed by atoms with van der Waals surface area (Å²) in [6.07, 6.45) is 5.84. The molecule has 0 amide bonds. The summed E-state index contributed by atoms with van der Waals surface area (Å²) in [6, 6.07) is 0. The van der Waals surface area contributed by atoms with Crippen LogP contribution in [0.1, 0.15) is 39.5 Å². The summed E-state index contributed by atoms with van der Waals surface area (Å²) in [5, 5.41) is 0. The van der Waals surface area contributed by atoms with E-state index in [4.69, 9.17) is 0 Å². The van der Waals surface area contributed by atoms with Crippen molar-refractivity contribution in [2.75, 3.05) is 11.5 Å². The van der Waals surface area contributed by atoms with Crippen molar-refractivity contribution < 1.29 is 0 Å². The second-order valence-electron chi connectivity index (χ2n) is 2.90. The maximum Gasteiger partial charge on any atom is -0.000932 e. The maximum atomic E-state index is 3.84. The van der Waals surface area contributed by atoms with E-state index in [1.54, 1.807) is 8.87 Å². The monoisotopic (exact) mass is 328 g/mol. The summed E-state index contributed by atoms with van der Waals surface area (Å²) in [6.45, 7) is 4.58. The van der Waals surface area contributed by atoms with Crippen LogP contribution in [0, 0.1) is 0 Å². The van der Waals surface area contributed by atoms with Crippen LogP contribution in [0.15, 0.2) is 0 Å². The second-order valence-corrected chi connectivity index (χ2v) is 8.08. The van der Waals surface area contributed by atoms with E-state index >= 15 is 0 Å². The second kappa shape index (κ2) is 19.1. The first-order chi connectivity index (χ1) is 6.33. The fourth-order valence-electron chi connectivity index (χ4n) is 0.729. The summed E-state index contributed by atoms with van der Waals surface area (Å²) in [5.74, 6) is 1.76. The predicted molar refractivity (Wildman–Crippen MR) is 72.9 cm³/mol. The maximum absolute atomic E-state index is 3.84. The van der Waals surface area contributed by atoms with Crippen molar-refractivity contribution in [3.63, 3.8) is 0 Å². The SMILES string of the molecule is CCC[CH2][Sn][CH2]CCC.SCCS. The topological polar surface area (TPSA) is 0 Å². The minimum atomic E-state index is 0.149. The van der Waals surface area contributed by atoms with Crippen molar-refractivity contribution in [3.05, 3.63) is 0 Å². The van der Waals surface area contributed by atoms with Gasteiger partial charge in [-0.3, -0.25) is 0 Å². The minimum Gasteiger partial charge on any atom is -0.179 e. The molecular weight excluding hydrogens is 303 g/mol. The molecule has 0 bridgehead atoms. The van der Waals surface area contributed by atoms with Gasteiger partial charge in [-0.2, -0.15) is 25.3 Å². The van der Waals surface area contributed by atoms with Crippen LogP contribution in [0.2, 0.25) is 8.87 Å². The van der Waals surface area contributed by atoms with Gasteiger partial charge >= 0.3 is 69.5 Å². The molecule has 0 spiro atoms. The molecule has 2 radical (unpaired) electrons. The predicted octanol–water partition coefficient (Wildman–Crippen LogP) is 3.97. The third-order valence-corrected chi connectivity index (χ3v) is 6.35. The quantitative estimate of drug-likeness (QED) is 0.395. The Balaban J connectivity index is 0. The molecule has 0 unspecified atom stereocenters. The van der Waals surface area contributed by atoms with Gasteiger partial charge in [-0.15, -0.1) is 0 Å². The Labute approximate surface area is 106 Å². The van der Waals surface area contributed by atoms with Crippen molar-refractivity contribution >= 4 is 46.4 Å². The van der Waals surface area contributed by atoms with Gasteiger partial charge in [-0.25, -0.2) is 0 Å². The smallest absolute Gasteiger partial charge is 0.000932 e. The van der Waals surface area contributed by atoms with E-state index in [9.17, 15) is 0 Å². The van der Waals surface area contributed by atoms with Gasteiger partial charge in [0.05, 0.1) is 0 Å². The molecule has 0 saturated heterocycles. The first kappa shape index (κ1) is 16.9. The Bertz CT molecular complexity index is 61.9. The van der Waals surface area contributed by atoms with Gasteiger partial charge in [0.2, 0.25) is 0 Å². The fourth-order valence-corrected chi connectivity index (χ4v) is 4.89. The molecule has 0 aromatic carbocycles. The van der Waals surface area contributed by atoms with Gasteiger partial charge < -0.3 is 0 Å². The Morgan fingerprint density at radius 2 is 1.23 bits per heavy atom. The molecule has 0 fully saturated rings. The van der Waals surface area contributed by atoms with E-state index in [2.05, 4.69) is 39.1 Å². The van der Waals surface area contributed by atoms with E-state index in [0.717, 1.165) is 11.5 Å². The van der Waals surface area contributed by atoms with Crippen LogP contribution < -0.4 is 0 Å². The molecule has 0 aliphatic heterocycles. The average molecular weight is 327 g/mol. The van der Waals surface area contributed by atoms with Crippen LogP contribution in [0.5, 0.6) is 0 Å². The number of thiol groups is 2. The molecule has 0 rings (SSSR count). The van der Waals surface area contributed by atoms with Crippen LogP contribution in [-0.2, 0) is 0 Å². The fraction of sp³-hybridized carbons (Fsp3) is 1.00. The Morgan fingerprint density at radius 3 is 1.46 bits per heavy atom. The molecule has 0 nitrogen and oxygen atoms in total. The molecule has 0 heterocycles. The summed E-state index contributed by atoms with van der Waals surface area (Å²) in [5.41, 5.74) is 0. The van der Waals surface area contributed by atoms with E-state index in [-0.39, 0.29) is 21.1 Å². The molecule has 0 saturated carbocycles. The standard InChI is InChI=1S/2C4H9.C2H6S2.Sn/c2*1-3-4-2;3-1-2-4;/h2*1,3-4H2,2H3;3-4H,1-2H2;. The zero-order chi connectivity index (χ0) is 10.4. The molecule has 0 N–H and O–H groups in total. The van der Waals surface area contributed by atoms with Crippen LogP contribution in [-0.4, -0.2) is 32.6 Å². The van der Waals surface area contributed by atoms with Crippen LogP contribution >= 0.6 is 25.3 Å². The first-order valence-corrected chi connectivity index (χ1v) is 10.6. The Kier molecular flexibility index (Phi) is 24.9. The van der Waals surface area contributed by atoms with Crippen LogP contribution in [0.3, 0.4) is 0 Å². The zero-order valence-corrected chi connectivity index (χ0v) is 13.7. The Hall–Kier alpha value is 1.50. The number of rotatable bonds is 7. The molecule has 80 valence electrons. The van der Waals surface area contributed by atoms with E-state index in [1.807, 2.05) is 0 Å². The van der Waals surface area contributed by atoms with Crippen LogP contribution in [0.25, 0.3) is 0 Å². The average Bonchev–Trinajstić information content (AvgIpc) is 2.18. The van der Waals surface area contributed by atoms with E-state index in [0.29, 0.717) is 0 Å². The molecule has 0 aliphatic rings. The summed E-state index contributed by atoms with van der Waals surface area (Å²) >= 11 is 7.84. The van der Waals surface area contributed by atoms with Crippen LogP contribution in [0.4, 0.5) is 0 Å². The van der Waals surface area contributed by atoms with Gasteiger partial charge in [-0.05, 0) is 11.5 Å². The summed E-state index contributed by atoms with van der Waals surface area (Å²) < 4.78 is 3.25. The van der Waals surface area contributed by atoms with Gasteiger partial charge in [0.25, 0.3) is 0 Å². The van der Waals surface area contributed by atoms with Gasteiger partial charge in [0.15, 0.2) is 0 Å². The van der Waals surface area contributed by atoms with Crippen molar-refractivity contribution in [2.24, 2.45) is 0 Å². The molecule has 0 atom stereocenters. The third-order valence-electron chi connectivity index (χ3n) is 1.51. The number of hydrogen-bond donors (Lipinski definition) is 2. The van der Waals surface area contributed by atoms with E-state index < -0.39 is 0 Å². The van der Waals surface area contributed by atoms with Crippen molar-refractivity contribution in [1.29, 1.82) is 0 Å². The van der Waals surface area contributed by atoms with Gasteiger partial charge in [0.1, 0.15) is 0 Å². The summed E-state index contributed by atoms with van der Waals surface area (Å²) in [4.78, 5) is 0. The molecule has 0 aromatic rings. The van der Waals surface area contributed by atoms with E-state index in [1.165, 1.54) is 25.7 Å². The molecule has 0 aliphatic carbocycles. The number of hydrogen-bond acceptors (Lipinski definition) is 2. The molecule has 13 heavy (non-hydrogen) atoms. The molecule has 0 aromatic heterocycles.